The standard InChI is InChI=1S/C21H43O.C2H7N/c1-3-5-6-7-8-9-10-11-12-13-14-15-16-17-18-19-20-21(22)4-2;1-3-2/h21-22H,2-20H2,1H3;3H,1-2H3. The number of unbranched alkanes of at least 4 members (excludes halogenated alkanes) is 15. The zero-order valence-corrected chi connectivity index (χ0v) is 18.0. The Hall–Kier alpha value is -0.0800. The molecule has 1 unspecified atom stereocenters. The van der Waals surface area contributed by atoms with Gasteiger partial charge in [0.05, 0.1) is 6.10 Å². The van der Waals surface area contributed by atoms with Gasteiger partial charge in [-0.3, -0.25) is 0 Å². The summed E-state index contributed by atoms with van der Waals surface area (Å²) in [5.74, 6) is 0. The molecule has 2 heteroatoms. The van der Waals surface area contributed by atoms with Gasteiger partial charge in [0.2, 0.25) is 0 Å². The molecule has 2 N–H and O–H groups in total. The summed E-state index contributed by atoms with van der Waals surface area (Å²) in [7, 11) is 3.75. The Morgan fingerprint density at radius 1 is 0.640 bits per heavy atom. The lowest BCUT2D eigenvalue weighted by Crippen LogP contribution is -2.03. The van der Waals surface area contributed by atoms with Crippen molar-refractivity contribution >= 4 is 0 Å². The van der Waals surface area contributed by atoms with Crippen LogP contribution in [0.3, 0.4) is 0 Å². The lowest BCUT2D eigenvalue weighted by molar-refractivity contribution is 0.163. The van der Waals surface area contributed by atoms with Crippen molar-refractivity contribution in [2.24, 2.45) is 0 Å². The molecule has 0 rings (SSSR count). The Kier molecular flexibility index (Phi) is 28.4. The lowest BCUT2D eigenvalue weighted by atomic mass is 10.0. The minimum Gasteiger partial charge on any atom is -0.393 e. The third-order valence-electron chi connectivity index (χ3n) is 4.72. The third-order valence-corrected chi connectivity index (χ3v) is 4.72. The molecule has 0 spiro atoms. The predicted molar refractivity (Wildman–Crippen MR) is 115 cm³/mol. The number of aliphatic hydroxyl groups is 1. The fraction of sp³-hybridized carbons (Fsp3) is 0.957. The van der Waals surface area contributed by atoms with E-state index < -0.39 is 0 Å². The molecule has 0 saturated carbocycles. The van der Waals surface area contributed by atoms with Crippen molar-refractivity contribution in [2.75, 3.05) is 14.1 Å². The Bertz CT molecular complexity index is 208. The molecule has 0 aliphatic rings. The van der Waals surface area contributed by atoms with E-state index in [0.29, 0.717) is 6.42 Å². The molecule has 0 aromatic rings. The average molecular weight is 357 g/mol. The second-order valence-electron chi connectivity index (χ2n) is 7.53. The molecule has 0 fully saturated rings. The number of hydrogen-bond acceptors (Lipinski definition) is 2. The quantitative estimate of drug-likeness (QED) is 0.258. The van der Waals surface area contributed by atoms with Crippen molar-refractivity contribution in [1.82, 2.24) is 5.32 Å². The zero-order valence-electron chi connectivity index (χ0n) is 18.0. The van der Waals surface area contributed by atoms with Crippen LogP contribution >= 0.6 is 0 Å². The van der Waals surface area contributed by atoms with Crippen LogP contribution in [-0.2, 0) is 0 Å². The van der Waals surface area contributed by atoms with E-state index in [1.165, 1.54) is 103 Å². The Morgan fingerprint density at radius 2 is 0.920 bits per heavy atom. The second-order valence-corrected chi connectivity index (χ2v) is 7.53. The number of hydrogen-bond donors (Lipinski definition) is 2. The van der Waals surface area contributed by atoms with Gasteiger partial charge < -0.3 is 10.4 Å². The maximum absolute atomic E-state index is 9.41. The Labute approximate surface area is 160 Å². The minimum atomic E-state index is -0.161. The van der Waals surface area contributed by atoms with Crippen molar-refractivity contribution in [3.8, 4) is 0 Å². The summed E-state index contributed by atoms with van der Waals surface area (Å²) in [5, 5.41) is 12.2. The monoisotopic (exact) mass is 356 g/mol. The van der Waals surface area contributed by atoms with Gasteiger partial charge in [-0.15, -0.1) is 0 Å². The first-order valence-electron chi connectivity index (χ1n) is 11.3. The molecule has 153 valence electrons. The van der Waals surface area contributed by atoms with Crippen LogP contribution in [0.25, 0.3) is 0 Å². The van der Waals surface area contributed by atoms with Gasteiger partial charge in [0.25, 0.3) is 0 Å². The molecular formula is C23H50NO. The van der Waals surface area contributed by atoms with Gasteiger partial charge in [-0.05, 0) is 26.9 Å². The Balaban J connectivity index is 0. The molecule has 1 atom stereocenters. The van der Waals surface area contributed by atoms with Crippen LogP contribution in [0.15, 0.2) is 0 Å². The van der Waals surface area contributed by atoms with E-state index in [4.69, 9.17) is 0 Å². The van der Waals surface area contributed by atoms with Crippen molar-refractivity contribution < 1.29 is 5.11 Å². The highest BCUT2D eigenvalue weighted by Crippen LogP contribution is 2.14. The van der Waals surface area contributed by atoms with E-state index in [-0.39, 0.29) is 6.10 Å². The van der Waals surface area contributed by atoms with Crippen LogP contribution < -0.4 is 5.32 Å². The molecule has 0 aliphatic heterocycles. The van der Waals surface area contributed by atoms with E-state index in [0.717, 1.165) is 6.42 Å². The number of rotatable bonds is 18. The summed E-state index contributed by atoms with van der Waals surface area (Å²) in [6.45, 7) is 6.01. The van der Waals surface area contributed by atoms with E-state index in [2.05, 4.69) is 19.2 Å². The van der Waals surface area contributed by atoms with Crippen LogP contribution in [0.5, 0.6) is 0 Å². The first kappa shape index (κ1) is 27.1. The molecular weight excluding hydrogens is 306 g/mol. The Morgan fingerprint density at radius 3 is 1.20 bits per heavy atom. The summed E-state index contributed by atoms with van der Waals surface area (Å²) in [6, 6.07) is 0. The normalized spacial score (nSPS) is 11.9. The van der Waals surface area contributed by atoms with Crippen LogP contribution in [0.1, 0.15) is 122 Å². The van der Waals surface area contributed by atoms with Gasteiger partial charge in [0.15, 0.2) is 0 Å². The molecule has 0 aliphatic carbocycles. The molecule has 1 radical (unpaired) electrons. The summed E-state index contributed by atoms with van der Waals surface area (Å²) in [4.78, 5) is 0. The van der Waals surface area contributed by atoms with Gasteiger partial charge in [-0.1, -0.05) is 117 Å². The van der Waals surface area contributed by atoms with Crippen LogP contribution in [0, 0.1) is 6.92 Å². The van der Waals surface area contributed by atoms with Crippen molar-refractivity contribution in [1.29, 1.82) is 0 Å². The molecule has 0 saturated heterocycles. The van der Waals surface area contributed by atoms with Gasteiger partial charge in [0, 0.05) is 0 Å². The average Bonchev–Trinajstić information content (AvgIpc) is 2.61. The highest BCUT2D eigenvalue weighted by atomic mass is 16.3. The summed E-state index contributed by atoms with van der Waals surface area (Å²) in [5.41, 5.74) is 0. The molecule has 0 aromatic heterocycles. The van der Waals surface area contributed by atoms with E-state index in [1.54, 1.807) is 0 Å². The minimum absolute atomic E-state index is 0.161. The van der Waals surface area contributed by atoms with E-state index in [9.17, 15) is 5.11 Å². The van der Waals surface area contributed by atoms with Crippen LogP contribution in [0.4, 0.5) is 0 Å². The summed E-state index contributed by atoms with van der Waals surface area (Å²) < 4.78 is 0. The van der Waals surface area contributed by atoms with Crippen molar-refractivity contribution in [3.63, 3.8) is 0 Å². The van der Waals surface area contributed by atoms with Crippen LogP contribution in [-0.4, -0.2) is 25.3 Å². The maximum Gasteiger partial charge on any atom is 0.0540 e. The number of aliphatic hydroxyl groups excluding tert-OH is 1. The van der Waals surface area contributed by atoms with Crippen LogP contribution in [0.2, 0.25) is 0 Å². The predicted octanol–water partition coefficient (Wildman–Crippen LogP) is 7.06. The topological polar surface area (TPSA) is 32.3 Å². The van der Waals surface area contributed by atoms with Gasteiger partial charge >= 0.3 is 0 Å². The molecule has 0 amide bonds. The second kappa shape index (κ2) is 26.2. The summed E-state index contributed by atoms with van der Waals surface area (Å²) >= 11 is 0. The number of nitrogens with one attached hydrogen (secondary N) is 1. The molecule has 0 heterocycles. The zero-order chi connectivity index (χ0) is 19.0. The SMILES string of the molecule is CNC.[CH2]CC(O)CCCCCCCCCCCCCCCCCC. The van der Waals surface area contributed by atoms with Gasteiger partial charge in [0.1, 0.15) is 0 Å². The molecule has 2 nitrogen and oxygen atoms in total. The van der Waals surface area contributed by atoms with Gasteiger partial charge in [-0.25, -0.2) is 0 Å². The lowest BCUT2D eigenvalue weighted by Gasteiger charge is -2.06. The highest BCUT2D eigenvalue weighted by Gasteiger charge is 1.99. The largest absolute Gasteiger partial charge is 0.393 e. The molecule has 0 bridgehead atoms. The van der Waals surface area contributed by atoms with Crippen molar-refractivity contribution in [3.05, 3.63) is 6.92 Å². The third kappa shape index (κ3) is 29.0. The first-order valence-corrected chi connectivity index (χ1v) is 11.3. The summed E-state index contributed by atoms with van der Waals surface area (Å²) in [6.07, 6.45) is 23.9. The first-order chi connectivity index (χ1) is 12.2. The highest BCUT2D eigenvalue weighted by molar-refractivity contribution is 4.57. The molecule has 0 aromatic carbocycles. The fourth-order valence-corrected chi connectivity index (χ4v) is 3.07. The van der Waals surface area contributed by atoms with E-state index >= 15 is 0 Å². The fourth-order valence-electron chi connectivity index (χ4n) is 3.07. The smallest absolute Gasteiger partial charge is 0.0540 e. The maximum atomic E-state index is 9.41. The molecule has 25 heavy (non-hydrogen) atoms. The van der Waals surface area contributed by atoms with Gasteiger partial charge in [-0.2, -0.15) is 0 Å². The van der Waals surface area contributed by atoms with Crippen molar-refractivity contribution in [2.45, 2.75) is 129 Å². The van der Waals surface area contributed by atoms with E-state index in [1.807, 2.05) is 14.1 Å².